The molecule has 1 spiro atoms. The summed E-state index contributed by atoms with van der Waals surface area (Å²) >= 11 is 5.88. The molecule has 0 aromatic heterocycles. The Morgan fingerprint density at radius 3 is 2.58 bits per heavy atom. The highest BCUT2D eigenvalue weighted by molar-refractivity contribution is 6.30. The quantitative estimate of drug-likeness (QED) is 0.741. The molecule has 0 amide bonds. The van der Waals surface area contributed by atoms with Crippen LogP contribution in [0.1, 0.15) is 27.6 Å². The van der Waals surface area contributed by atoms with E-state index in [0.29, 0.717) is 11.4 Å². The van der Waals surface area contributed by atoms with Gasteiger partial charge in [0.25, 0.3) is 0 Å². The fourth-order valence-electron chi connectivity index (χ4n) is 2.95. The first kappa shape index (κ1) is 11.2. The zero-order valence-corrected chi connectivity index (χ0v) is 10.9. The molecule has 1 fully saturated rings. The minimum atomic E-state index is -0.655. The molecule has 0 unspecified atom stereocenters. The molecular weight excluding hydrogens is 260 g/mol. The molecule has 2 aromatic carbocycles. The SMILES string of the molecule is O=C1c2ccccc2C[C@@]12O[C@H]2c1ccc(Cl)cc1. The summed E-state index contributed by atoms with van der Waals surface area (Å²) in [6.07, 6.45) is 0.541. The number of hydrogen-bond acceptors (Lipinski definition) is 2. The molecule has 1 heterocycles. The van der Waals surface area contributed by atoms with Gasteiger partial charge in [0.15, 0.2) is 11.4 Å². The Hall–Kier alpha value is -1.64. The first-order valence-electron chi connectivity index (χ1n) is 6.27. The predicted octanol–water partition coefficient (Wildman–Crippen LogP) is 3.59. The van der Waals surface area contributed by atoms with Crippen molar-refractivity contribution < 1.29 is 9.53 Å². The Bertz CT molecular complexity index is 677. The molecule has 0 radical (unpaired) electrons. The van der Waals surface area contributed by atoms with Crippen LogP contribution >= 0.6 is 11.6 Å². The van der Waals surface area contributed by atoms with E-state index in [0.717, 1.165) is 16.7 Å². The number of benzene rings is 2. The summed E-state index contributed by atoms with van der Waals surface area (Å²) in [6.45, 7) is 0. The largest absolute Gasteiger partial charge is 0.352 e. The fraction of sp³-hybridized carbons (Fsp3) is 0.188. The highest BCUT2D eigenvalue weighted by atomic mass is 35.5. The van der Waals surface area contributed by atoms with Gasteiger partial charge in [-0.2, -0.15) is 0 Å². The van der Waals surface area contributed by atoms with Crippen LogP contribution in [0.25, 0.3) is 0 Å². The number of ketones is 1. The van der Waals surface area contributed by atoms with Gasteiger partial charge >= 0.3 is 0 Å². The maximum Gasteiger partial charge on any atom is 0.198 e. The molecule has 0 bridgehead atoms. The average molecular weight is 271 g/mol. The van der Waals surface area contributed by atoms with Gasteiger partial charge in [-0.15, -0.1) is 0 Å². The molecule has 0 N–H and O–H groups in total. The number of Topliss-reactive ketones (excluding diaryl/α,β-unsaturated/α-hetero) is 1. The van der Waals surface area contributed by atoms with Crippen molar-refractivity contribution in [2.24, 2.45) is 0 Å². The highest BCUT2D eigenvalue weighted by Gasteiger charge is 2.65. The van der Waals surface area contributed by atoms with Gasteiger partial charge in [0.1, 0.15) is 6.10 Å². The molecule has 1 saturated heterocycles. The lowest BCUT2D eigenvalue weighted by Gasteiger charge is -2.01. The van der Waals surface area contributed by atoms with Crippen LogP contribution in [0.4, 0.5) is 0 Å². The summed E-state index contributed by atoms with van der Waals surface area (Å²) in [6, 6.07) is 15.3. The minimum absolute atomic E-state index is 0.114. The zero-order valence-electron chi connectivity index (χ0n) is 10.1. The first-order chi connectivity index (χ1) is 9.21. The van der Waals surface area contributed by atoms with Gasteiger partial charge in [0, 0.05) is 17.0 Å². The van der Waals surface area contributed by atoms with E-state index in [1.807, 2.05) is 48.5 Å². The van der Waals surface area contributed by atoms with E-state index in [-0.39, 0.29) is 11.9 Å². The van der Waals surface area contributed by atoms with Crippen LogP contribution in [0, 0.1) is 0 Å². The van der Waals surface area contributed by atoms with E-state index >= 15 is 0 Å². The number of epoxide rings is 1. The van der Waals surface area contributed by atoms with Crippen LogP contribution in [0.15, 0.2) is 48.5 Å². The average Bonchev–Trinajstić information content (AvgIpc) is 3.07. The lowest BCUT2D eigenvalue weighted by atomic mass is 9.96. The van der Waals surface area contributed by atoms with Crippen LogP contribution in [0.3, 0.4) is 0 Å². The van der Waals surface area contributed by atoms with Gasteiger partial charge in [0.05, 0.1) is 0 Å². The Balaban J connectivity index is 1.70. The summed E-state index contributed by atoms with van der Waals surface area (Å²) in [5.41, 5.74) is 2.26. The summed E-state index contributed by atoms with van der Waals surface area (Å²) in [7, 11) is 0. The van der Waals surface area contributed by atoms with Crippen LogP contribution in [0.5, 0.6) is 0 Å². The van der Waals surface area contributed by atoms with Crippen LogP contribution in [-0.2, 0) is 11.2 Å². The van der Waals surface area contributed by atoms with Crippen LogP contribution < -0.4 is 0 Å². The normalized spacial score (nSPS) is 27.6. The van der Waals surface area contributed by atoms with Crippen molar-refractivity contribution in [3.63, 3.8) is 0 Å². The summed E-state index contributed by atoms with van der Waals surface area (Å²) in [5, 5.41) is 0.694. The number of ether oxygens (including phenoxy) is 1. The molecular formula is C16H11ClO2. The van der Waals surface area contributed by atoms with Gasteiger partial charge in [-0.05, 0) is 23.3 Å². The smallest absolute Gasteiger partial charge is 0.198 e. The Morgan fingerprint density at radius 2 is 1.84 bits per heavy atom. The van der Waals surface area contributed by atoms with Crippen molar-refractivity contribution in [1.82, 2.24) is 0 Å². The Kier molecular flexibility index (Phi) is 2.17. The Morgan fingerprint density at radius 1 is 1.11 bits per heavy atom. The highest BCUT2D eigenvalue weighted by Crippen LogP contribution is 2.56. The summed E-state index contributed by atoms with van der Waals surface area (Å²) in [5.74, 6) is 0.114. The van der Waals surface area contributed by atoms with E-state index in [9.17, 15) is 4.79 Å². The molecule has 94 valence electrons. The molecule has 0 saturated carbocycles. The molecule has 1 aliphatic heterocycles. The van der Waals surface area contributed by atoms with Crippen LogP contribution in [-0.4, -0.2) is 11.4 Å². The number of fused-ring (bicyclic) bond motifs is 1. The Labute approximate surface area is 116 Å². The van der Waals surface area contributed by atoms with Crippen molar-refractivity contribution in [1.29, 1.82) is 0 Å². The van der Waals surface area contributed by atoms with Gasteiger partial charge in [0.2, 0.25) is 0 Å². The second-order valence-corrected chi connectivity index (χ2v) is 5.54. The molecule has 19 heavy (non-hydrogen) atoms. The summed E-state index contributed by atoms with van der Waals surface area (Å²) < 4.78 is 5.79. The fourth-order valence-corrected chi connectivity index (χ4v) is 3.07. The second-order valence-electron chi connectivity index (χ2n) is 5.10. The molecule has 2 aliphatic rings. The van der Waals surface area contributed by atoms with Crippen molar-refractivity contribution in [3.8, 4) is 0 Å². The molecule has 1 aliphatic carbocycles. The van der Waals surface area contributed by atoms with Gasteiger partial charge in [-0.25, -0.2) is 0 Å². The van der Waals surface area contributed by atoms with Crippen molar-refractivity contribution in [3.05, 3.63) is 70.2 Å². The van der Waals surface area contributed by atoms with E-state index in [4.69, 9.17) is 16.3 Å². The van der Waals surface area contributed by atoms with Crippen molar-refractivity contribution in [2.45, 2.75) is 18.1 Å². The molecule has 3 heteroatoms. The standard InChI is InChI=1S/C16H11ClO2/c17-12-7-5-10(6-8-12)15-16(19-15)9-11-3-1-2-4-13(11)14(16)18/h1-8,15H,9H2/t15-,16+/m0/s1. The maximum atomic E-state index is 12.5. The lowest BCUT2D eigenvalue weighted by molar-refractivity contribution is 0.0894. The number of carbonyl (C=O) groups excluding carboxylic acids is 1. The molecule has 4 rings (SSSR count). The summed E-state index contributed by atoms with van der Waals surface area (Å²) in [4.78, 5) is 12.5. The number of halogens is 1. The molecule has 2 nitrogen and oxygen atoms in total. The molecule has 2 atom stereocenters. The van der Waals surface area contributed by atoms with Crippen LogP contribution in [0.2, 0.25) is 5.02 Å². The third-order valence-electron chi connectivity index (χ3n) is 3.97. The monoisotopic (exact) mass is 270 g/mol. The maximum absolute atomic E-state index is 12.5. The van der Waals surface area contributed by atoms with Gasteiger partial charge in [-0.3, -0.25) is 4.79 Å². The minimum Gasteiger partial charge on any atom is -0.352 e. The number of rotatable bonds is 1. The first-order valence-corrected chi connectivity index (χ1v) is 6.64. The second kappa shape index (κ2) is 3.69. The van der Waals surface area contributed by atoms with Gasteiger partial charge < -0.3 is 4.74 Å². The third-order valence-corrected chi connectivity index (χ3v) is 4.22. The lowest BCUT2D eigenvalue weighted by Crippen LogP contribution is -2.20. The van der Waals surface area contributed by atoms with E-state index in [1.54, 1.807) is 0 Å². The third kappa shape index (κ3) is 1.50. The van der Waals surface area contributed by atoms with Crippen molar-refractivity contribution in [2.75, 3.05) is 0 Å². The van der Waals surface area contributed by atoms with Crippen molar-refractivity contribution >= 4 is 17.4 Å². The predicted molar refractivity (Wildman–Crippen MR) is 72.5 cm³/mol. The number of carbonyl (C=O) groups is 1. The van der Waals surface area contributed by atoms with E-state index < -0.39 is 5.60 Å². The topological polar surface area (TPSA) is 29.6 Å². The number of hydrogen-bond donors (Lipinski definition) is 0. The van der Waals surface area contributed by atoms with E-state index in [1.165, 1.54) is 0 Å². The van der Waals surface area contributed by atoms with E-state index in [2.05, 4.69) is 0 Å². The van der Waals surface area contributed by atoms with Gasteiger partial charge in [-0.1, -0.05) is 48.0 Å². The zero-order chi connectivity index (χ0) is 13.0. The molecule has 2 aromatic rings.